The predicted molar refractivity (Wildman–Crippen MR) is 60.8 cm³/mol. The quantitative estimate of drug-likeness (QED) is 0.619. The van der Waals surface area contributed by atoms with E-state index < -0.39 is 0 Å². The zero-order valence-corrected chi connectivity index (χ0v) is 9.49. The Kier molecular flexibility index (Phi) is 3.36. The fraction of sp³-hybridized carbons (Fsp3) is 0.429. The van der Waals surface area contributed by atoms with E-state index in [1.807, 2.05) is 0 Å². The first-order valence-corrected chi connectivity index (χ1v) is 5.03. The molecule has 1 rings (SSSR count). The van der Waals surface area contributed by atoms with Crippen molar-refractivity contribution in [2.24, 2.45) is 0 Å². The highest BCUT2D eigenvalue weighted by molar-refractivity contribution is 5.44. The first-order chi connectivity index (χ1) is 6.57. The molecule has 0 aliphatic carbocycles. The van der Waals surface area contributed by atoms with Crippen LogP contribution in [0.2, 0.25) is 0 Å². The molecule has 1 aromatic carbocycles. The van der Waals surface area contributed by atoms with Gasteiger partial charge in [-0.25, -0.2) is 0 Å². The van der Waals surface area contributed by atoms with Crippen LogP contribution in [0.5, 0.6) is 0 Å². The van der Waals surface area contributed by atoms with Gasteiger partial charge in [0.1, 0.15) is 0 Å². The number of hydrogen-bond donors (Lipinski definition) is 0. The third-order valence-electron chi connectivity index (χ3n) is 3.02. The topological polar surface area (TPSA) is 0 Å². The van der Waals surface area contributed by atoms with E-state index in [1.165, 1.54) is 27.8 Å². The second-order valence-corrected chi connectivity index (χ2v) is 3.92. The van der Waals surface area contributed by atoms with E-state index in [4.69, 9.17) is 6.42 Å². The second kappa shape index (κ2) is 4.33. The monoisotopic (exact) mass is 185 g/mol. The number of benzene rings is 1. The summed E-state index contributed by atoms with van der Waals surface area (Å²) in [6, 6.07) is 2.24. The first kappa shape index (κ1) is 10.9. The third kappa shape index (κ3) is 1.99. The van der Waals surface area contributed by atoms with E-state index in [-0.39, 0.29) is 0 Å². The lowest BCUT2D eigenvalue weighted by atomic mass is 9.92. The van der Waals surface area contributed by atoms with Gasteiger partial charge in [0.15, 0.2) is 0 Å². The molecule has 0 bridgehead atoms. The Morgan fingerprint density at radius 3 is 2.00 bits per heavy atom. The molecular formula is C14H17. The van der Waals surface area contributed by atoms with Crippen LogP contribution in [0.4, 0.5) is 0 Å². The molecule has 0 N–H and O–H groups in total. The Bertz CT molecular complexity index is 352. The maximum atomic E-state index is 6.95. The number of rotatable bonds is 2. The normalized spacial score (nSPS) is 9.93. The van der Waals surface area contributed by atoms with Gasteiger partial charge in [-0.2, -0.15) is 0 Å². The third-order valence-corrected chi connectivity index (χ3v) is 3.02. The smallest absolute Gasteiger partial charge is 0.0140 e. The van der Waals surface area contributed by atoms with Crippen molar-refractivity contribution in [3.8, 4) is 5.92 Å². The summed E-state index contributed by atoms with van der Waals surface area (Å²) in [5.41, 5.74) is 6.87. The molecule has 0 aromatic heterocycles. The molecule has 0 saturated carbocycles. The summed E-state index contributed by atoms with van der Waals surface area (Å²) in [5, 5.41) is 0. The van der Waals surface area contributed by atoms with E-state index in [0.717, 1.165) is 12.8 Å². The van der Waals surface area contributed by atoms with Gasteiger partial charge >= 0.3 is 0 Å². The maximum Gasteiger partial charge on any atom is 0.0140 e. The average molecular weight is 185 g/mol. The first-order valence-electron chi connectivity index (χ1n) is 5.03. The van der Waals surface area contributed by atoms with Gasteiger partial charge < -0.3 is 0 Å². The zero-order valence-electron chi connectivity index (χ0n) is 9.49. The lowest BCUT2D eigenvalue weighted by molar-refractivity contribution is 0.979. The van der Waals surface area contributed by atoms with Crippen LogP contribution in [0.3, 0.4) is 0 Å². The highest BCUT2D eigenvalue weighted by Gasteiger charge is 2.07. The minimum Gasteiger partial charge on any atom is -0.0888 e. The molecule has 0 spiro atoms. The fourth-order valence-electron chi connectivity index (χ4n) is 1.86. The lowest BCUT2D eigenvalue weighted by Gasteiger charge is -2.14. The minimum absolute atomic E-state index is 0.727. The van der Waals surface area contributed by atoms with Gasteiger partial charge in [-0.1, -0.05) is 12.0 Å². The molecular weight excluding hydrogens is 168 g/mol. The summed E-state index contributed by atoms with van der Waals surface area (Å²) in [7, 11) is 0. The molecule has 0 nitrogen and oxygen atoms in total. The molecule has 0 aliphatic heterocycles. The minimum atomic E-state index is 0.727. The summed E-state index contributed by atoms with van der Waals surface area (Å²) >= 11 is 0. The van der Waals surface area contributed by atoms with Gasteiger partial charge in [-0.05, 0) is 68.4 Å². The van der Waals surface area contributed by atoms with E-state index in [0.29, 0.717) is 0 Å². The standard InChI is InChI=1S/C14H17/c1-6-7-8-14-12(4)10(2)9-11(3)13(14)5/h9H,7-8H2,2-5H3. The van der Waals surface area contributed by atoms with Gasteiger partial charge in [-0.15, -0.1) is 0 Å². The van der Waals surface area contributed by atoms with Gasteiger partial charge in [0, 0.05) is 6.42 Å². The van der Waals surface area contributed by atoms with E-state index in [9.17, 15) is 0 Å². The Morgan fingerprint density at radius 2 is 1.57 bits per heavy atom. The second-order valence-electron chi connectivity index (χ2n) is 3.92. The van der Waals surface area contributed by atoms with E-state index in [2.05, 4.69) is 39.7 Å². The molecule has 0 heteroatoms. The van der Waals surface area contributed by atoms with Crippen molar-refractivity contribution in [3.05, 3.63) is 40.3 Å². The van der Waals surface area contributed by atoms with Crippen molar-refractivity contribution < 1.29 is 0 Å². The van der Waals surface area contributed by atoms with Crippen molar-refractivity contribution in [1.29, 1.82) is 0 Å². The highest BCUT2D eigenvalue weighted by Crippen LogP contribution is 2.22. The number of aryl methyl sites for hydroxylation is 2. The molecule has 1 aromatic rings. The van der Waals surface area contributed by atoms with Crippen molar-refractivity contribution >= 4 is 0 Å². The fourth-order valence-corrected chi connectivity index (χ4v) is 1.86. The van der Waals surface area contributed by atoms with Crippen LogP contribution in [0.1, 0.15) is 34.2 Å². The van der Waals surface area contributed by atoms with Crippen LogP contribution in [-0.4, -0.2) is 0 Å². The average Bonchev–Trinajstić information content (AvgIpc) is 2.15. The van der Waals surface area contributed by atoms with Crippen molar-refractivity contribution in [2.45, 2.75) is 40.5 Å². The molecule has 0 atom stereocenters. The van der Waals surface area contributed by atoms with E-state index >= 15 is 0 Å². The Labute approximate surface area is 87.4 Å². The largest absolute Gasteiger partial charge is 0.0888 e. The molecule has 1 radical (unpaired) electrons. The predicted octanol–water partition coefficient (Wildman–Crippen LogP) is 3.44. The Hall–Kier alpha value is -1.22. The molecule has 14 heavy (non-hydrogen) atoms. The summed E-state index contributed by atoms with van der Waals surface area (Å²) in [6.07, 6.45) is 8.63. The summed E-state index contributed by atoms with van der Waals surface area (Å²) in [4.78, 5) is 0. The van der Waals surface area contributed by atoms with Gasteiger partial charge in [0.25, 0.3) is 0 Å². The van der Waals surface area contributed by atoms with Crippen molar-refractivity contribution in [3.63, 3.8) is 0 Å². The molecule has 0 heterocycles. The maximum absolute atomic E-state index is 6.95. The molecule has 0 fully saturated rings. The molecule has 0 aliphatic rings. The SMILES string of the molecule is [C]#CCCc1c(C)c(C)cc(C)c1C. The van der Waals surface area contributed by atoms with Gasteiger partial charge in [-0.3, -0.25) is 0 Å². The van der Waals surface area contributed by atoms with Crippen LogP contribution in [-0.2, 0) is 6.42 Å². The number of hydrogen-bond acceptors (Lipinski definition) is 0. The van der Waals surface area contributed by atoms with Crippen LogP contribution in [0.15, 0.2) is 6.07 Å². The summed E-state index contributed by atoms with van der Waals surface area (Å²) in [5.74, 6) is 2.46. The van der Waals surface area contributed by atoms with Crippen molar-refractivity contribution in [2.75, 3.05) is 0 Å². The van der Waals surface area contributed by atoms with Crippen molar-refractivity contribution in [1.82, 2.24) is 0 Å². The van der Waals surface area contributed by atoms with Crippen LogP contribution < -0.4 is 0 Å². The molecule has 0 amide bonds. The van der Waals surface area contributed by atoms with E-state index in [1.54, 1.807) is 0 Å². The highest BCUT2D eigenvalue weighted by atomic mass is 14.1. The van der Waals surface area contributed by atoms with Crippen LogP contribution in [0, 0.1) is 40.0 Å². The van der Waals surface area contributed by atoms with Gasteiger partial charge in [0.05, 0.1) is 0 Å². The van der Waals surface area contributed by atoms with Crippen LogP contribution >= 0.6 is 0 Å². The zero-order chi connectivity index (χ0) is 10.7. The molecule has 0 saturated heterocycles. The Balaban J connectivity index is 3.19. The van der Waals surface area contributed by atoms with Gasteiger partial charge in [0.2, 0.25) is 0 Å². The summed E-state index contributed by atoms with van der Waals surface area (Å²) in [6.45, 7) is 8.64. The summed E-state index contributed by atoms with van der Waals surface area (Å²) < 4.78 is 0. The lowest BCUT2D eigenvalue weighted by Crippen LogP contribution is -1.98. The molecule has 0 unspecified atom stereocenters. The Morgan fingerprint density at radius 1 is 1.07 bits per heavy atom. The molecule has 73 valence electrons. The van der Waals surface area contributed by atoms with Crippen LogP contribution in [0.25, 0.3) is 0 Å².